The molecule has 8 heteroatoms. The van der Waals surface area contributed by atoms with E-state index in [2.05, 4.69) is 12.2 Å². The van der Waals surface area contributed by atoms with Crippen LogP contribution in [0, 0.1) is 0 Å². The fourth-order valence-corrected chi connectivity index (χ4v) is 2.03. The van der Waals surface area contributed by atoms with E-state index in [4.69, 9.17) is 10.2 Å². The number of carbonyl (C=O) groups excluding carboxylic acids is 1. The van der Waals surface area contributed by atoms with E-state index in [0.717, 1.165) is 19.3 Å². The molecule has 0 fully saturated rings. The van der Waals surface area contributed by atoms with Crippen LogP contribution in [0.3, 0.4) is 0 Å². The minimum atomic E-state index is -2.30. The highest BCUT2D eigenvalue weighted by Gasteiger charge is 2.37. The fourth-order valence-electron chi connectivity index (χ4n) is 2.03. The van der Waals surface area contributed by atoms with Gasteiger partial charge in [0, 0.05) is 0 Å². The van der Waals surface area contributed by atoms with Crippen LogP contribution in [0.1, 0.15) is 51.9 Å². The van der Waals surface area contributed by atoms with E-state index in [1.807, 2.05) is 0 Å². The van der Waals surface area contributed by atoms with Gasteiger partial charge in [-0.05, 0) is 19.0 Å². The first-order valence-corrected chi connectivity index (χ1v) is 8.23. The summed E-state index contributed by atoms with van der Waals surface area (Å²) in [4.78, 5) is 22.1. The number of aliphatic carboxylic acids is 1. The Morgan fingerprint density at radius 2 is 1.46 bits per heavy atom. The fraction of sp³-hybridized carbons (Fsp3) is 0.750. The minimum Gasteiger partial charge on any atom is -0.479 e. The molecule has 0 heterocycles. The van der Waals surface area contributed by atoms with Crippen molar-refractivity contribution in [3.8, 4) is 0 Å². The summed E-state index contributed by atoms with van der Waals surface area (Å²) in [7, 11) is 0. The van der Waals surface area contributed by atoms with Crippen molar-refractivity contribution in [3.63, 3.8) is 0 Å². The molecule has 4 unspecified atom stereocenters. The topological polar surface area (TPSA) is 147 Å². The number of allylic oxidation sites excluding steroid dienone is 1. The highest BCUT2D eigenvalue weighted by atomic mass is 16.4. The number of carboxylic acids is 1. The van der Waals surface area contributed by atoms with Gasteiger partial charge >= 0.3 is 5.97 Å². The molecule has 0 saturated carbocycles. The number of nitrogens with one attached hydrogen (secondary N) is 1. The van der Waals surface area contributed by atoms with E-state index in [9.17, 15) is 24.9 Å². The highest BCUT2D eigenvalue weighted by Crippen LogP contribution is 2.08. The van der Waals surface area contributed by atoms with Gasteiger partial charge in [-0.2, -0.15) is 0 Å². The number of aliphatic hydroxyl groups excluding tert-OH is 4. The maximum absolute atomic E-state index is 11.6. The largest absolute Gasteiger partial charge is 0.479 e. The van der Waals surface area contributed by atoms with Crippen molar-refractivity contribution in [3.05, 3.63) is 12.3 Å². The Balaban J connectivity index is 4.05. The Morgan fingerprint density at radius 3 is 2.04 bits per heavy atom. The van der Waals surface area contributed by atoms with Crippen molar-refractivity contribution >= 4 is 11.9 Å². The first kappa shape index (κ1) is 22.5. The number of amides is 1. The van der Waals surface area contributed by atoms with E-state index in [1.54, 1.807) is 6.08 Å². The molecule has 1 amide bonds. The zero-order valence-electron chi connectivity index (χ0n) is 14.0. The van der Waals surface area contributed by atoms with Crippen molar-refractivity contribution in [1.29, 1.82) is 0 Å². The molecule has 24 heavy (non-hydrogen) atoms. The Morgan fingerprint density at radius 1 is 0.917 bits per heavy atom. The number of hydrogen-bond donors (Lipinski definition) is 6. The average Bonchev–Trinajstić information content (AvgIpc) is 2.57. The number of aliphatic hydroxyl groups is 4. The molecule has 6 N–H and O–H groups in total. The second-order valence-electron chi connectivity index (χ2n) is 5.68. The van der Waals surface area contributed by atoms with E-state index in [1.165, 1.54) is 31.9 Å². The maximum Gasteiger partial charge on any atom is 0.335 e. The molecule has 0 spiro atoms. The molecule has 0 aliphatic carbocycles. The molecule has 0 saturated heterocycles. The lowest BCUT2D eigenvalue weighted by molar-refractivity contribution is -0.166. The van der Waals surface area contributed by atoms with E-state index >= 15 is 0 Å². The number of carboxylic acid groups (broad SMARTS) is 1. The van der Waals surface area contributed by atoms with Gasteiger partial charge in [0.15, 0.2) is 12.2 Å². The van der Waals surface area contributed by atoms with Crippen LogP contribution in [0.5, 0.6) is 0 Å². The van der Waals surface area contributed by atoms with Crippen molar-refractivity contribution in [1.82, 2.24) is 5.32 Å². The zero-order valence-corrected chi connectivity index (χ0v) is 14.0. The normalized spacial score (nSPS) is 16.5. The third-order valence-electron chi connectivity index (χ3n) is 3.59. The predicted octanol–water partition coefficient (Wildman–Crippen LogP) is -0.105. The summed E-state index contributed by atoms with van der Waals surface area (Å²) in [5.41, 5.74) is 0. The standard InChI is InChI=1S/C16H29NO7/c1-2-3-4-5-6-7-8-9-10-17-15(22)13(20)11(18)12(19)14(21)16(23)24/h9-14,18-21H,2-8H2,1H3,(H,17,22)(H,23,24). The minimum absolute atomic E-state index is 0.755. The Labute approximate surface area is 141 Å². The van der Waals surface area contributed by atoms with Crippen LogP contribution in [0.15, 0.2) is 12.3 Å². The first-order valence-electron chi connectivity index (χ1n) is 8.23. The van der Waals surface area contributed by atoms with Crippen LogP contribution < -0.4 is 5.32 Å². The molecule has 0 aliphatic heterocycles. The third-order valence-corrected chi connectivity index (χ3v) is 3.59. The summed E-state index contributed by atoms with van der Waals surface area (Å²) < 4.78 is 0. The van der Waals surface area contributed by atoms with Gasteiger partial charge < -0.3 is 30.8 Å². The Hall–Kier alpha value is -1.48. The highest BCUT2D eigenvalue weighted by molar-refractivity contribution is 5.82. The number of carbonyl (C=O) groups is 2. The van der Waals surface area contributed by atoms with Crippen LogP contribution in [0.2, 0.25) is 0 Å². The molecule has 4 atom stereocenters. The number of unbranched alkanes of at least 4 members (excludes halogenated alkanes) is 6. The van der Waals surface area contributed by atoms with Gasteiger partial charge in [0.1, 0.15) is 12.2 Å². The number of rotatable bonds is 13. The SMILES string of the molecule is CCCCCCCCC=CNC(=O)C(O)C(O)C(O)C(O)C(=O)O. The van der Waals surface area contributed by atoms with Gasteiger partial charge in [-0.3, -0.25) is 4.79 Å². The first-order chi connectivity index (χ1) is 11.3. The van der Waals surface area contributed by atoms with Crippen LogP contribution in [0.4, 0.5) is 0 Å². The molecule has 0 aromatic rings. The summed E-state index contributed by atoms with van der Waals surface area (Å²) in [6.45, 7) is 2.15. The third kappa shape index (κ3) is 8.97. The molecule has 8 nitrogen and oxygen atoms in total. The Kier molecular flexibility index (Phi) is 12.1. The lowest BCUT2D eigenvalue weighted by Gasteiger charge is -2.23. The smallest absolute Gasteiger partial charge is 0.335 e. The average molecular weight is 347 g/mol. The van der Waals surface area contributed by atoms with Crippen molar-refractivity contribution in [2.24, 2.45) is 0 Å². The lowest BCUT2D eigenvalue weighted by atomic mass is 10.0. The quantitative estimate of drug-likeness (QED) is 0.255. The van der Waals surface area contributed by atoms with Crippen molar-refractivity contribution < 1.29 is 35.1 Å². The summed E-state index contributed by atoms with van der Waals surface area (Å²) in [6.07, 6.45) is 2.00. The van der Waals surface area contributed by atoms with Crippen molar-refractivity contribution in [2.75, 3.05) is 0 Å². The van der Waals surface area contributed by atoms with Crippen molar-refractivity contribution in [2.45, 2.75) is 76.3 Å². The predicted molar refractivity (Wildman–Crippen MR) is 86.9 cm³/mol. The zero-order chi connectivity index (χ0) is 18.5. The number of hydrogen-bond acceptors (Lipinski definition) is 6. The molecule has 0 rings (SSSR count). The Bertz CT molecular complexity index is 400. The van der Waals surface area contributed by atoms with Gasteiger partial charge in [0.25, 0.3) is 5.91 Å². The second kappa shape index (κ2) is 12.9. The molecule has 140 valence electrons. The van der Waals surface area contributed by atoms with Crippen LogP contribution >= 0.6 is 0 Å². The van der Waals surface area contributed by atoms with Gasteiger partial charge in [-0.15, -0.1) is 0 Å². The maximum atomic E-state index is 11.6. The van der Waals surface area contributed by atoms with E-state index < -0.39 is 36.3 Å². The van der Waals surface area contributed by atoms with Crippen LogP contribution in [-0.2, 0) is 9.59 Å². The molecular formula is C16H29NO7. The van der Waals surface area contributed by atoms with Gasteiger partial charge in [0.05, 0.1) is 0 Å². The van der Waals surface area contributed by atoms with E-state index in [0.29, 0.717) is 0 Å². The van der Waals surface area contributed by atoms with E-state index in [-0.39, 0.29) is 0 Å². The van der Waals surface area contributed by atoms with Crippen LogP contribution in [0.25, 0.3) is 0 Å². The summed E-state index contributed by atoms with van der Waals surface area (Å²) >= 11 is 0. The second-order valence-corrected chi connectivity index (χ2v) is 5.68. The molecule has 0 aromatic heterocycles. The molecular weight excluding hydrogens is 318 g/mol. The van der Waals surface area contributed by atoms with Gasteiger partial charge in [-0.1, -0.05) is 45.1 Å². The molecule has 0 radical (unpaired) electrons. The molecule has 0 aromatic carbocycles. The summed E-state index contributed by atoms with van der Waals surface area (Å²) in [6, 6.07) is 0. The molecule has 0 aliphatic rings. The van der Waals surface area contributed by atoms with Crippen LogP contribution in [-0.4, -0.2) is 61.8 Å². The monoisotopic (exact) mass is 347 g/mol. The summed E-state index contributed by atoms with van der Waals surface area (Å²) in [5.74, 6) is -2.77. The lowest BCUT2D eigenvalue weighted by Crippen LogP contribution is -2.52. The summed E-state index contributed by atoms with van der Waals surface area (Å²) in [5, 5.41) is 48.2. The van der Waals surface area contributed by atoms with Gasteiger partial charge in [0.2, 0.25) is 0 Å². The van der Waals surface area contributed by atoms with Gasteiger partial charge in [-0.25, -0.2) is 4.79 Å². The molecule has 0 bridgehead atoms.